The van der Waals surface area contributed by atoms with Crippen LogP contribution in [0.3, 0.4) is 0 Å². The first-order valence-corrected chi connectivity index (χ1v) is 10.7. The molecule has 1 aliphatic heterocycles. The molecule has 0 fully saturated rings. The minimum atomic E-state index is -0.516. The second-order valence-corrected chi connectivity index (χ2v) is 8.98. The number of fused-ring (bicyclic) bond motifs is 3. The fraction of sp³-hybridized carbons (Fsp3) is 0.261. The first-order valence-electron chi connectivity index (χ1n) is 9.85. The summed E-state index contributed by atoms with van der Waals surface area (Å²) >= 11 is 1.45. The van der Waals surface area contributed by atoms with Gasteiger partial charge in [0, 0.05) is 21.9 Å². The highest BCUT2D eigenvalue weighted by Gasteiger charge is 2.24. The number of anilines is 1. The van der Waals surface area contributed by atoms with Gasteiger partial charge in [-0.1, -0.05) is 0 Å². The van der Waals surface area contributed by atoms with Crippen LogP contribution in [0.4, 0.5) is 5.69 Å². The lowest BCUT2D eigenvalue weighted by atomic mass is 10.0. The lowest BCUT2D eigenvalue weighted by Crippen LogP contribution is -2.26. The average molecular weight is 421 g/mol. The molecule has 1 atom stereocenters. The molecule has 7 heteroatoms. The maximum Gasteiger partial charge on any atom is 0.338 e. The molecule has 0 radical (unpaired) electrons. The Morgan fingerprint density at radius 3 is 2.80 bits per heavy atom. The van der Waals surface area contributed by atoms with Gasteiger partial charge >= 0.3 is 11.6 Å². The zero-order chi connectivity index (χ0) is 20.8. The van der Waals surface area contributed by atoms with Crippen LogP contribution in [0.2, 0.25) is 0 Å². The van der Waals surface area contributed by atoms with Crippen LogP contribution in [-0.2, 0) is 29.0 Å². The van der Waals surface area contributed by atoms with E-state index in [1.54, 1.807) is 12.1 Å². The number of ether oxygens (including phenoxy) is 1. The maximum absolute atomic E-state index is 12.6. The third kappa shape index (κ3) is 3.39. The lowest BCUT2D eigenvalue weighted by Gasteiger charge is -2.21. The molecular formula is C23H19NO5S. The zero-order valence-corrected chi connectivity index (χ0v) is 17.1. The van der Waals surface area contributed by atoms with Crippen LogP contribution in [0, 0.1) is 0 Å². The predicted octanol–water partition coefficient (Wildman–Crippen LogP) is 4.07. The molecule has 1 aromatic heterocycles. The number of esters is 1. The first-order chi connectivity index (χ1) is 14.5. The van der Waals surface area contributed by atoms with E-state index < -0.39 is 11.6 Å². The number of hydrogen-bond acceptors (Lipinski definition) is 6. The minimum absolute atomic E-state index is 0.0328. The number of nitrogens with one attached hydrogen (secondary N) is 1. The molecule has 0 bridgehead atoms. The smallest absolute Gasteiger partial charge is 0.338 e. The molecule has 0 saturated carbocycles. The molecule has 30 heavy (non-hydrogen) atoms. The maximum atomic E-state index is 12.6. The Bertz CT molecular complexity index is 1260. The van der Waals surface area contributed by atoms with Gasteiger partial charge < -0.3 is 14.5 Å². The second kappa shape index (κ2) is 7.32. The van der Waals surface area contributed by atoms with Crippen molar-refractivity contribution in [3.63, 3.8) is 0 Å². The fourth-order valence-corrected chi connectivity index (χ4v) is 4.91. The molecule has 2 heterocycles. The summed E-state index contributed by atoms with van der Waals surface area (Å²) in [5, 5.41) is 3.44. The number of aryl methyl sites for hydroxylation is 2. The first kappa shape index (κ1) is 18.9. The molecule has 0 saturated heterocycles. The third-order valence-corrected chi connectivity index (χ3v) is 6.73. The third-order valence-electron chi connectivity index (χ3n) is 5.55. The second-order valence-electron chi connectivity index (χ2n) is 7.60. The van der Waals surface area contributed by atoms with Crippen molar-refractivity contribution in [2.45, 2.75) is 42.9 Å². The SMILES string of the molecule is CC1Sc2ccc(C(=O)OCc3cc(=O)oc4cc5c(cc34)CCC5)cc2NC1=O. The van der Waals surface area contributed by atoms with Crippen LogP contribution in [0.25, 0.3) is 11.0 Å². The van der Waals surface area contributed by atoms with Gasteiger partial charge in [0.1, 0.15) is 12.2 Å². The molecule has 0 spiro atoms. The number of rotatable bonds is 3. The Balaban J connectivity index is 1.39. The summed E-state index contributed by atoms with van der Waals surface area (Å²) in [7, 11) is 0. The fourth-order valence-electron chi connectivity index (χ4n) is 3.98. The topological polar surface area (TPSA) is 85.6 Å². The Hall–Kier alpha value is -3.06. The molecule has 1 N–H and O–H groups in total. The summed E-state index contributed by atoms with van der Waals surface area (Å²) in [6, 6.07) is 10.5. The van der Waals surface area contributed by atoms with E-state index in [0.717, 1.165) is 29.5 Å². The van der Waals surface area contributed by atoms with E-state index in [-0.39, 0.29) is 17.8 Å². The van der Waals surface area contributed by atoms with Crippen molar-refractivity contribution in [1.82, 2.24) is 0 Å². The van der Waals surface area contributed by atoms with Crippen LogP contribution < -0.4 is 10.9 Å². The summed E-state index contributed by atoms with van der Waals surface area (Å²) in [6.07, 6.45) is 3.08. The number of hydrogen-bond donors (Lipinski definition) is 1. The highest BCUT2D eigenvalue weighted by Crippen LogP contribution is 2.36. The molecule has 1 unspecified atom stereocenters. The Kier molecular flexibility index (Phi) is 4.62. The van der Waals surface area contributed by atoms with Gasteiger partial charge in [-0.2, -0.15) is 0 Å². The Morgan fingerprint density at radius 2 is 1.97 bits per heavy atom. The van der Waals surface area contributed by atoms with Crippen LogP contribution in [0.1, 0.15) is 40.4 Å². The number of thioether (sulfide) groups is 1. The van der Waals surface area contributed by atoms with Crippen molar-refractivity contribution in [2.24, 2.45) is 0 Å². The molecule has 1 amide bonds. The van der Waals surface area contributed by atoms with Gasteiger partial charge in [-0.25, -0.2) is 9.59 Å². The van der Waals surface area contributed by atoms with Crippen molar-refractivity contribution < 1.29 is 18.7 Å². The quantitative estimate of drug-likeness (QED) is 0.507. The average Bonchev–Trinajstić information content (AvgIpc) is 3.18. The van der Waals surface area contributed by atoms with Crippen molar-refractivity contribution in [2.75, 3.05) is 5.32 Å². The van der Waals surface area contributed by atoms with E-state index in [4.69, 9.17) is 9.15 Å². The normalized spacial score (nSPS) is 17.4. The van der Waals surface area contributed by atoms with Gasteiger partial charge in [0.25, 0.3) is 0 Å². The minimum Gasteiger partial charge on any atom is -0.457 e. The van der Waals surface area contributed by atoms with Crippen LogP contribution in [0.5, 0.6) is 0 Å². The molecule has 3 aromatic rings. The van der Waals surface area contributed by atoms with Gasteiger partial charge in [-0.3, -0.25) is 4.79 Å². The number of amides is 1. The van der Waals surface area contributed by atoms with Crippen LogP contribution in [-0.4, -0.2) is 17.1 Å². The van der Waals surface area contributed by atoms with Gasteiger partial charge in [-0.15, -0.1) is 11.8 Å². The summed E-state index contributed by atoms with van der Waals surface area (Å²) in [5.41, 5.74) is 4.10. The molecule has 2 aliphatic rings. The molecular weight excluding hydrogens is 402 g/mol. The Labute approximate surface area is 176 Å². The molecule has 152 valence electrons. The monoisotopic (exact) mass is 421 g/mol. The van der Waals surface area contributed by atoms with Crippen molar-refractivity contribution in [1.29, 1.82) is 0 Å². The summed E-state index contributed by atoms with van der Waals surface area (Å²) in [6.45, 7) is 1.80. The van der Waals surface area contributed by atoms with Crippen molar-refractivity contribution in [3.8, 4) is 0 Å². The molecule has 1 aliphatic carbocycles. The van der Waals surface area contributed by atoms with Gasteiger partial charge in [0.05, 0.1) is 16.5 Å². The predicted molar refractivity (Wildman–Crippen MR) is 114 cm³/mol. The number of carbonyl (C=O) groups excluding carboxylic acids is 2. The molecule has 2 aromatic carbocycles. The summed E-state index contributed by atoms with van der Waals surface area (Å²) < 4.78 is 10.9. The largest absolute Gasteiger partial charge is 0.457 e. The lowest BCUT2D eigenvalue weighted by molar-refractivity contribution is -0.115. The number of carbonyl (C=O) groups is 2. The van der Waals surface area contributed by atoms with E-state index >= 15 is 0 Å². The molecule has 6 nitrogen and oxygen atoms in total. The zero-order valence-electron chi connectivity index (χ0n) is 16.3. The van der Waals surface area contributed by atoms with Gasteiger partial charge in [-0.05, 0) is 67.6 Å². The highest BCUT2D eigenvalue weighted by molar-refractivity contribution is 8.00. The van der Waals surface area contributed by atoms with E-state index in [2.05, 4.69) is 5.32 Å². The van der Waals surface area contributed by atoms with Crippen LogP contribution >= 0.6 is 11.8 Å². The summed E-state index contributed by atoms with van der Waals surface area (Å²) in [5.74, 6) is -0.605. The van der Waals surface area contributed by atoms with Crippen molar-refractivity contribution in [3.05, 3.63) is 69.1 Å². The van der Waals surface area contributed by atoms with Crippen LogP contribution in [0.15, 0.2) is 50.5 Å². The van der Waals surface area contributed by atoms with Gasteiger partial charge in [0.2, 0.25) is 5.91 Å². The standard InChI is InChI=1S/C23H19NO5S/c1-12-22(26)24-18-8-15(5-6-20(18)30-12)23(27)28-11-16-10-21(25)29-19-9-14-4-2-3-13(14)7-17(16)19/h5-10,12H,2-4,11H2,1H3,(H,24,26). The summed E-state index contributed by atoms with van der Waals surface area (Å²) in [4.78, 5) is 37.4. The Morgan fingerprint density at radius 1 is 1.17 bits per heavy atom. The number of benzene rings is 2. The molecule has 5 rings (SSSR count). The van der Waals surface area contributed by atoms with Gasteiger partial charge in [0.15, 0.2) is 0 Å². The van der Waals surface area contributed by atoms with E-state index in [0.29, 0.717) is 22.4 Å². The highest BCUT2D eigenvalue weighted by atomic mass is 32.2. The van der Waals surface area contributed by atoms with Crippen molar-refractivity contribution >= 4 is 40.3 Å². The van der Waals surface area contributed by atoms with E-state index in [1.165, 1.54) is 29.0 Å². The van der Waals surface area contributed by atoms with E-state index in [1.807, 2.05) is 25.1 Å². The van der Waals surface area contributed by atoms with E-state index in [9.17, 15) is 14.4 Å².